The molecule has 1 fully saturated rings. The van der Waals surface area contributed by atoms with Gasteiger partial charge in [0.2, 0.25) is 0 Å². The van der Waals surface area contributed by atoms with Gasteiger partial charge in [0, 0.05) is 17.6 Å². The van der Waals surface area contributed by atoms with Crippen LogP contribution in [-0.2, 0) is 16.4 Å². The number of carbonyl (C=O) groups excluding carboxylic acids is 1. The van der Waals surface area contributed by atoms with E-state index in [1.54, 1.807) is 17.0 Å². The molecule has 0 bridgehead atoms. The average molecular weight is 412 g/mol. The van der Waals surface area contributed by atoms with E-state index < -0.39 is 9.84 Å². The number of hydrogen-bond donors (Lipinski definition) is 0. The van der Waals surface area contributed by atoms with Crippen LogP contribution in [0.15, 0.2) is 42.5 Å². The van der Waals surface area contributed by atoms with Crippen LogP contribution in [0.1, 0.15) is 27.9 Å². The molecule has 0 N–H and O–H groups in total. The van der Waals surface area contributed by atoms with Crippen molar-refractivity contribution in [2.24, 2.45) is 0 Å². The Morgan fingerprint density at radius 2 is 1.85 bits per heavy atom. The van der Waals surface area contributed by atoms with Crippen molar-refractivity contribution in [1.29, 1.82) is 0 Å². The number of amides is 1. The van der Waals surface area contributed by atoms with Crippen LogP contribution in [0.3, 0.4) is 0 Å². The van der Waals surface area contributed by atoms with Crippen LogP contribution in [0.2, 0.25) is 10.0 Å². The molecule has 1 aliphatic rings. The first-order valence-electron chi connectivity index (χ1n) is 8.27. The Morgan fingerprint density at radius 3 is 2.42 bits per heavy atom. The normalized spacial score (nSPS) is 18.7. The monoisotopic (exact) mass is 411 g/mol. The van der Waals surface area contributed by atoms with Gasteiger partial charge < -0.3 is 4.90 Å². The van der Waals surface area contributed by atoms with Crippen LogP contribution < -0.4 is 0 Å². The third-order valence-corrected chi connectivity index (χ3v) is 6.84. The number of benzene rings is 2. The minimum absolute atomic E-state index is 0.0180. The minimum Gasteiger partial charge on any atom is -0.330 e. The summed E-state index contributed by atoms with van der Waals surface area (Å²) >= 11 is 12.1. The first kappa shape index (κ1) is 19.2. The van der Waals surface area contributed by atoms with Crippen molar-refractivity contribution < 1.29 is 13.2 Å². The molecule has 2 aromatic carbocycles. The molecule has 3 rings (SSSR count). The Hall–Kier alpha value is -1.56. The smallest absolute Gasteiger partial charge is 0.255 e. The lowest BCUT2D eigenvalue weighted by molar-refractivity contribution is 0.0681. The molecule has 138 valence electrons. The highest BCUT2D eigenvalue weighted by Crippen LogP contribution is 2.27. The van der Waals surface area contributed by atoms with Gasteiger partial charge in [-0.15, -0.1) is 0 Å². The lowest BCUT2D eigenvalue weighted by atomic mass is 10.1. The number of halogens is 2. The second-order valence-electron chi connectivity index (χ2n) is 6.60. The molecule has 4 nitrogen and oxygen atoms in total. The topological polar surface area (TPSA) is 54.5 Å². The molecule has 0 spiro atoms. The molecular weight excluding hydrogens is 393 g/mol. The summed E-state index contributed by atoms with van der Waals surface area (Å²) in [5, 5.41) is 0.706. The molecule has 0 aliphatic carbocycles. The van der Waals surface area contributed by atoms with Gasteiger partial charge >= 0.3 is 0 Å². The molecule has 0 saturated carbocycles. The first-order chi connectivity index (χ1) is 12.2. The third-order valence-electron chi connectivity index (χ3n) is 4.55. The Kier molecular flexibility index (Phi) is 5.61. The zero-order valence-corrected chi connectivity index (χ0v) is 16.6. The summed E-state index contributed by atoms with van der Waals surface area (Å²) in [4.78, 5) is 14.8. The molecule has 1 unspecified atom stereocenters. The summed E-state index contributed by atoms with van der Waals surface area (Å²) in [5.41, 5.74) is 2.39. The van der Waals surface area contributed by atoms with Gasteiger partial charge in [0.1, 0.15) is 0 Å². The fourth-order valence-electron chi connectivity index (χ4n) is 3.10. The molecule has 0 radical (unpaired) electrons. The van der Waals surface area contributed by atoms with E-state index in [0.717, 1.165) is 11.1 Å². The van der Waals surface area contributed by atoms with Crippen LogP contribution in [0.5, 0.6) is 0 Å². The van der Waals surface area contributed by atoms with Crippen molar-refractivity contribution in [2.45, 2.75) is 25.9 Å². The van der Waals surface area contributed by atoms with E-state index >= 15 is 0 Å². The summed E-state index contributed by atoms with van der Waals surface area (Å²) in [6.45, 7) is 2.32. The average Bonchev–Trinajstić information content (AvgIpc) is 2.93. The largest absolute Gasteiger partial charge is 0.330 e. The van der Waals surface area contributed by atoms with Crippen molar-refractivity contribution in [3.63, 3.8) is 0 Å². The molecular formula is C19H19Cl2NO3S. The van der Waals surface area contributed by atoms with Gasteiger partial charge in [-0.3, -0.25) is 4.79 Å². The second-order valence-corrected chi connectivity index (χ2v) is 9.67. The standard InChI is InChI=1S/C19H19Cl2NO3S/c1-13-2-4-14(5-3-13)11-22(16-8-9-26(24,25)12-16)19(23)17-7-6-15(20)10-18(17)21/h2-7,10,16H,8-9,11-12H2,1H3. The maximum atomic E-state index is 13.1. The van der Waals surface area contributed by atoms with Crippen LogP contribution >= 0.6 is 23.2 Å². The van der Waals surface area contributed by atoms with Gasteiger partial charge in [-0.25, -0.2) is 8.42 Å². The molecule has 1 aliphatic heterocycles. The maximum Gasteiger partial charge on any atom is 0.255 e. The minimum atomic E-state index is -3.12. The Morgan fingerprint density at radius 1 is 1.15 bits per heavy atom. The zero-order chi connectivity index (χ0) is 18.9. The summed E-state index contributed by atoms with van der Waals surface area (Å²) in [5.74, 6) is -0.200. The predicted octanol–water partition coefficient (Wildman–Crippen LogP) is 4.13. The second kappa shape index (κ2) is 7.59. The number of carbonyl (C=O) groups is 1. The van der Waals surface area contributed by atoms with Crippen LogP contribution in [0.4, 0.5) is 0 Å². The van der Waals surface area contributed by atoms with Gasteiger partial charge in [-0.05, 0) is 37.1 Å². The SMILES string of the molecule is Cc1ccc(CN(C(=O)c2ccc(Cl)cc2Cl)C2CCS(=O)(=O)C2)cc1. The third kappa shape index (κ3) is 4.40. The van der Waals surface area contributed by atoms with Crippen LogP contribution in [0, 0.1) is 6.92 Å². The van der Waals surface area contributed by atoms with Crippen molar-refractivity contribution in [1.82, 2.24) is 4.90 Å². The van der Waals surface area contributed by atoms with Gasteiger partial charge in [0.25, 0.3) is 5.91 Å². The number of rotatable bonds is 4. The van der Waals surface area contributed by atoms with Crippen molar-refractivity contribution in [3.8, 4) is 0 Å². The summed E-state index contributed by atoms with van der Waals surface area (Å²) in [7, 11) is -3.12. The van der Waals surface area contributed by atoms with E-state index in [1.807, 2.05) is 31.2 Å². The summed E-state index contributed by atoms with van der Waals surface area (Å²) in [6.07, 6.45) is 0.436. The van der Waals surface area contributed by atoms with Crippen LogP contribution in [0.25, 0.3) is 0 Å². The highest BCUT2D eigenvalue weighted by atomic mass is 35.5. The molecule has 1 heterocycles. The summed E-state index contributed by atoms with van der Waals surface area (Å²) < 4.78 is 23.9. The highest BCUT2D eigenvalue weighted by Gasteiger charge is 2.35. The van der Waals surface area contributed by atoms with Gasteiger partial charge in [0.05, 0.1) is 22.1 Å². The molecule has 1 amide bonds. The zero-order valence-electron chi connectivity index (χ0n) is 14.3. The summed E-state index contributed by atoms with van der Waals surface area (Å²) in [6, 6.07) is 12.2. The van der Waals surface area contributed by atoms with E-state index in [4.69, 9.17) is 23.2 Å². The molecule has 2 aromatic rings. The van der Waals surface area contributed by atoms with E-state index in [-0.39, 0.29) is 28.5 Å². The van der Waals surface area contributed by atoms with E-state index in [9.17, 15) is 13.2 Å². The van der Waals surface area contributed by atoms with Gasteiger partial charge in [-0.2, -0.15) is 0 Å². The van der Waals surface area contributed by atoms with Crippen molar-refractivity contribution >= 4 is 38.9 Å². The highest BCUT2D eigenvalue weighted by molar-refractivity contribution is 7.91. The molecule has 1 saturated heterocycles. The maximum absolute atomic E-state index is 13.1. The molecule has 26 heavy (non-hydrogen) atoms. The Balaban J connectivity index is 1.94. The first-order valence-corrected chi connectivity index (χ1v) is 10.8. The Bertz CT molecular complexity index is 926. The molecule has 7 heteroatoms. The lowest BCUT2D eigenvalue weighted by Crippen LogP contribution is -2.40. The van der Waals surface area contributed by atoms with Gasteiger partial charge in [0.15, 0.2) is 9.84 Å². The van der Waals surface area contributed by atoms with E-state index in [0.29, 0.717) is 23.6 Å². The fourth-order valence-corrected chi connectivity index (χ4v) is 5.32. The van der Waals surface area contributed by atoms with Crippen LogP contribution in [-0.4, -0.2) is 36.8 Å². The number of hydrogen-bond acceptors (Lipinski definition) is 3. The Labute approximate surface area is 163 Å². The number of aryl methyl sites for hydroxylation is 1. The van der Waals surface area contributed by atoms with Crippen molar-refractivity contribution in [3.05, 3.63) is 69.2 Å². The number of nitrogens with zero attached hydrogens (tertiary/aromatic N) is 1. The quantitative estimate of drug-likeness (QED) is 0.759. The predicted molar refractivity (Wildman–Crippen MR) is 105 cm³/mol. The van der Waals surface area contributed by atoms with Gasteiger partial charge in [-0.1, -0.05) is 53.0 Å². The molecule has 0 aromatic heterocycles. The van der Waals surface area contributed by atoms with E-state index in [2.05, 4.69) is 0 Å². The van der Waals surface area contributed by atoms with E-state index in [1.165, 1.54) is 6.07 Å². The lowest BCUT2D eigenvalue weighted by Gasteiger charge is -2.29. The fraction of sp³-hybridized carbons (Fsp3) is 0.316. The number of sulfone groups is 1. The molecule has 1 atom stereocenters. The van der Waals surface area contributed by atoms with Crippen molar-refractivity contribution in [2.75, 3.05) is 11.5 Å².